The Balaban J connectivity index is 1.71. The van der Waals surface area contributed by atoms with Crippen LogP contribution in [0.3, 0.4) is 0 Å². The number of rotatable bonds is 2. The highest BCUT2D eigenvalue weighted by Crippen LogP contribution is 2.52. The summed E-state index contributed by atoms with van der Waals surface area (Å²) in [5.41, 5.74) is 5.64. The molecule has 6 rings (SSSR count). The summed E-state index contributed by atoms with van der Waals surface area (Å²) < 4.78 is 5.61. The van der Waals surface area contributed by atoms with Gasteiger partial charge < -0.3 is 14.6 Å². The molecule has 3 heteroatoms. The van der Waals surface area contributed by atoms with Crippen molar-refractivity contribution >= 4 is 21.7 Å². The second-order valence-corrected chi connectivity index (χ2v) is 8.79. The number of aromatic nitrogens is 1. The molecule has 0 radical (unpaired) electrons. The average molecular weight is 383 g/mol. The highest BCUT2D eigenvalue weighted by Gasteiger charge is 2.48. The fourth-order valence-electron chi connectivity index (χ4n) is 5.93. The second kappa shape index (κ2) is 6.11. The van der Waals surface area contributed by atoms with Crippen LogP contribution in [0, 0.1) is 0 Å². The number of likely N-dealkylation sites (N-methyl/N-ethyl adjacent to an activating group) is 1. The number of hydrogen-bond acceptors (Lipinski definition) is 2. The summed E-state index contributed by atoms with van der Waals surface area (Å²) in [6, 6.07) is 22.7. The monoisotopic (exact) mass is 382 g/mol. The van der Waals surface area contributed by atoms with Gasteiger partial charge in [-0.1, -0.05) is 42.5 Å². The minimum absolute atomic E-state index is 0.0294. The average Bonchev–Trinajstić information content (AvgIpc) is 3.16. The molecule has 1 fully saturated rings. The standard InChI is InChI=1S/C26H26N2O/c1-28-13-12-26(18-7-5-8-20(14-18)29-2)16-19(28)15-23-25(26)24-21-9-4-3-6-17(21)10-11-22(24)27-23/h3-11,14,19,27H,12-13,15-16H2,1-2H3/t19-,26-/m1/s1. The molecule has 2 heterocycles. The van der Waals surface area contributed by atoms with Crippen molar-refractivity contribution in [1.29, 1.82) is 0 Å². The molecule has 0 unspecified atom stereocenters. The molecule has 1 aliphatic heterocycles. The Bertz CT molecular complexity index is 1240. The van der Waals surface area contributed by atoms with Gasteiger partial charge >= 0.3 is 0 Å². The third kappa shape index (κ3) is 2.34. The maximum atomic E-state index is 5.61. The molecule has 146 valence electrons. The van der Waals surface area contributed by atoms with E-state index in [0.29, 0.717) is 6.04 Å². The molecular weight excluding hydrogens is 356 g/mol. The first-order valence-corrected chi connectivity index (χ1v) is 10.6. The minimum atomic E-state index is 0.0294. The second-order valence-electron chi connectivity index (χ2n) is 8.79. The summed E-state index contributed by atoms with van der Waals surface area (Å²) in [6.45, 7) is 1.12. The molecule has 0 amide bonds. The summed E-state index contributed by atoms with van der Waals surface area (Å²) in [5, 5.41) is 4.10. The predicted molar refractivity (Wildman–Crippen MR) is 119 cm³/mol. The molecule has 0 spiro atoms. The Labute approximate surface area is 171 Å². The Kier molecular flexibility index (Phi) is 3.60. The van der Waals surface area contributed by atoms with Gasteiger partial charge in [-0.15, -0.1) is 0 Å². The third-order valence-electron chi connectivity index (χ3n) is 7.41. The molecule has 0 saturated carbocycles. The lowest BCUT2D eigenvalue weighted by Gasteiger charge is -2.50. The van der Waals surface area contributed by atoms with Crippen LogP contribution in [0.25, 0.3) is 21.7 Å². The summed E-state index contributed by atoms with van der Waals surface area (Å²) in [6.07, 6.45) is 3.40. The molecule has 29 heavy (non-hydrogen) atoms. The van der Waals surface area contributed by atoms with E-state index in [1.807, 2.05) is 0 Å². The number of H-pyrrole nitrogens is 1. The zero-order valence-electron chi connectivity index (χ0n) is 17.0. The number of nitrogens with one attached hydrogen (secondary N) is 1. The number of aromatic amines is 1. The van der Waals surface area contributed by atoms with Crippen LogP contribution >= 0.6 is 0 Å². The van der Waals surface area contributed by atoms with Gasteiger partial charge in [0.1, 0.15) is 5.75 Å². The first-order chi connectivity index (χ1) is 14.2. The number of methoxy groups -OCH3 is 1. The highest BCUT2D eigenvalue weighted by molar-refractivity contribution is 6.09. The lowest BCUT2D eigenvalue weighted by Crippen LogP contribution is -2.52. The molecule has 4 aromatic rings. The van der Waals surface area contributed by atoms with E-state index in [4.69, 9.17) is 4.74 Å². The Morgan fingerprint density at radius 3 is 2.86 bits per heavy atom. The third-order valence-corrected chi connectivity index (χ3v) is 7.41. The topological polar surface area (TPSA) is 28.3 Å². The lowest BCUT2D eigenvalue weighted by atomic mass is 9.61. The predicted octanol–water partition coefficient (Wildman–Crippen LogP) is 5.27. The van der Waals surface area contributed by atoms with Crippen molar-refractivity contribution in [2.24, 2.45) is 0 Å². The van der Waals surface area contributed by atoms with Gasteiger partial charge in [0.25, 0.3) is 0 Å². The van der Waals surface area contributed by atoms with Crippen molar-refractivity contribution in [1.82, 2.24) is 9.88 Å². The summed E-state index contributed by atoms with van der Waals surface area (Å²) >= 11 is 0. The van der Waals surface area contributed by atoms with Gasteiger partial charge in [-0.25, -0.2) is 0 Å². The van der Waals surface area contributed by atoms with Crippen LogP contribution in [-0.4, -0.2) is 36.6 Å². The number of benzene rings is 3. The molecular formula is C26H26N2O. The molecule has 3 nitrogen and oxygen atoms in total. The van der Waals surface area contributed by atoms with Gasteiger partial charge in [-0.2, -0.15) is 0 Å². The zero-order chi connectivity index (χ0) is 19.6. The normalized spacial score (nSPS) is 24.0. The molecule has 1 aromatic heterocycles. The number of likely N-dealkylation sites (tertiary alicyclic amines) is 1. The fourth-order valence-corrected chi connectivity index (χ4v) is 5.93. The van der Waals surface area contributed by atoms with E-state index in [1.54, 1.807) is 7.11 Å². The van der Waals surface area contributed by atoms with Gasteiger partial charge in [0.2, 0.25) is 0 Å². The van der Waals surface area contributed by atoms with E-state index in [-0.39, 0.29) is 5.41 Å². The van der Waals surface area contributed by atoms with Crippen LogP contribution in [0.5, 0.6) is 5.75 Å². The minimum Gasteiger partial charge on any atom is -0.497 e. The number of piperidine rings is 1. The van der Waals surface area contributed by atoms with Gasteiger partial charge in [0.15, 0.2) is 0 Å². The maximum absolute atomic E-state index is 5.61. The molecule has 1 aliphatic carbocycles. The van der Waals surface area contributed by atoms with Crippen molar-refractivity contribution in [2.75, 3.05) is 20.7 Å². The van der Waals surface area contributed by atoms with Crippen LogP contribution in [0.2, 0.25) is 0 Å². The van der Waals surface area contributed by atoms with E-state index >= 15 is 0 Å². The largest absolute Gasteiger partial charge is 0.497 e. The molecule has 2 bridgehead atoms. The van der Waals surface area contributed by atoms with E-state index in [1.165, 1.54) is 44.9 Å². The van der Waals surface area contributed by atoms with Crippen molar-refractivity contribution in [3.8, 4) is 5.75 Å². The van der Waals surface area contributed by atoms with Crippen molar-refractivity contribution in [3.05, 3.63) is 77.5 Å². The molecule has 1 saturated heterocycles. The summed E-state index contributed by atoms with van der Waals surface area (Å²) in [7, 11) is 4.04. The lowest BCUT2D eigenvalue weighted by molar-refractivity contribution is 0.123. The number of ether oxygens (including phenoxy) is 1. The van der Waals surface area contributed by atoms with Gasteiger partial charge in [-0.05, 0) is 66.5 Å². The van der Waals surface area contributed by atoms with Gasteiger partial charge in [0.05, 0.1) is 7.11 Å². The fraction of sp³-hybridized carbons (Fsp3) is 0.308. The molecule has 3 aromatic carbocycles. The van der Waals surface area contributed by atoms with E-state index < -0.39 is 0 Å². The first-order valence-electron chi connectivity index (χ1n) is 10.6. The Morgan fingerprint density at radius 1 is 1.07 bits per heavy atom. The molecule has 2 aliphatic rings. The number of fused-ring (bicyclic) bond motifs is 8. The Morgan fingerprint density at radius 2 is 1.97 bits per heavy atom. The van der Waals surface area contributed by atoms with Crippen LogP contribution in [0.1, 0.15) is 29.7 Å². The maximum Gasteiger partial charge on any atom is 0.119 e. The quantitative estimate of drug-likeness (QED) is 0.512. The Hall–Kier alpha value is -2.78. The van der Waals surface area contributed by atoms with Crippen LogP contribution < -0.4 is 4.74 Å². The first kappa shape index (κ1) is 17.1. The van der Waals surface area contributed by atoms with Crippen molar-refractivity contribution in [3.63, 3.8) is 0 Å². The van der Waals surface area contributed by atoms with Crippen LogP contribution in [0.15, 0.2) is 60.7 Å². The van der Waals surface area contributed by atoms with E-state index in [2.05, 4.69) is 77.6 Å². The van der Waals surface area contributed by atoms with Gasteiger partial charge in [0, 0.05) is 34.5 Å². The molecule has 2 atom stereocenters. The SMILES string of the molecule is COc1cccc([C@]23CCN(C)[C@H](Cc4[nH]c5ccc6ccccc6c5c42)C3)c1. The summed E-state index contributed by atoms with van der Waals surface area (Å²) in [5.74, 6) is 0.948. The van der Waals surface area contributed by atoms with Gasteiger partial charge in [-0.3, -0.25) is 0 Å². The van der Waals surface area contributed by atoms with Crippen LogP contribution in [0.4, 0.5) is 0 Å². The molecule has 1 N–H and O–H groups in total. The number of nitrogens with zero attached hydrogens (tertiary/aromatic N) is 1. The zero-order valence-corrected chi connectivity index (χ0v) is 17.0. The van der Waals surface area contributed by atoms with E-state index in [0.717, 1.165) is 25.1 Å². The highest BCUT2D eigenvalue weighted by atomic mass is 16.5. The van der Waals surface area contributed by atoms with Crippen LogP contribution in [-0.2, 0) is 11.8 Å². The number of hydrogen-bond donors (Lipinski definition) is 1. The van der Waals surface area contributed by atoms with Crippen molar-refractivity contribution < 1.29 is 4.74 Å². The van der Waals surface area contributed by atoms with E-state index in [9.17, 15) is 0 Å². The summed E-state index contributed by atoms with van der Waals surface area (Å²) in [4.78, 5) is 6.37. The smallest absolute Gasteiger partial charge is 0.119 e. The van der Waals surface area contributed by atoms with Crippen molar-refractivity contribution in [2.45, 2.75) is 30.7 Å².